The van der Waals surface area contributed by atoms with E-state index in [2.05, 4.69) is 18.1 Å². The number of amides is 1. The van der Waals surface area contributed by atoms with Gasteiger partial charge in [-0.25, -0.2) is 0 Å². The number of allylic oxidation sites excluding steroid dienone is 2. The van der Waals surface area contributed by atoms with E-state index < -0.39 is 0 Å². The third-order valence-electron chi connectivity index (χ3n) is 3.26. The Morgan fingerprint density at radius 3 is 1.89 bits per heavy atom. The summed E-state index contributed by atoms with van der Waals surface area (Å²) in [5, 5.41) is 0. The van der Waals surface area contributed by atoms with E-state index in [9.17, 15) is 4.79 Å². The molecule has 0 aromatic rings. The fraction of sp³-hybridized carbons (Fsp3) is 0.533. The lowest BCUT2D eigenvalue weighted by molar-refractivity contribution is -0.140. The van der Waals surface area contributed by atoms with Crippen LogP contribution in [0.4, 0.5) is 0 Å². The average molecular weight is 263 g/mol. The first-order valence-corrected chi connectivity index (χ1v) is 6.60. The van der Waals surface area contributed by atoms with Gasteiger partial charge in [0.1, 0.15) is 0 Å². The van der Waals surface area contributed by atoms with Crippen LogP contribution >= 0.6 is 0 Å². The molecule has 1 saturated heterocycles. The molecule has 0 aliphatic carbocycles. The van der Waals surface area contributed by atoms with Crippen molar-refractivity contribution in [1.82, 2.24) is 9.80 Å². The number of hydrogen-bond donors (Lipinski definition) is 1. The minimum Gasteiger partial charge on any atom is -0.397 e. The topological polar surface area (TPSA) is 49.6 Å². The van der Waals surface area contributed by atoms with Gasteiger partial charge in [-0.15, -0.1) is 0 Å². The summed E-state index contributed by atoms with van der Waals surface area (Å²) in [5.41, 5.74) is 7.10. The number of hydrogen-bond acceptors (Lipinski definition) is 3. The Bertz CT molecular complexity index is 396. The first-order valence-electron chi connectivity index (χ1n) is 6.60. The van der Waals surface area contributed by atoms with E-state index in [0.717, 1.165) is 31.9 Å². The normalized spacial score (nSPS) is 17.8. The molecule has 0 spiro atoms. The summed E-state index contributed by atoms with van der Waals surface area (Å²) in [5.74, 6) is 0.202. The fourth-order valence-electron chi connectivity index (χ4n) is 2.16. The van der Waals surface area contributed by atoms with Crippen molar-refractivity contribution in [2.45, 2.75) is 20.8 Å². The smallest absolute Gasteiger partial charge is 0.228 e. The highest BCUT2D eigenvalue weighted by Gasteiger charge is 2.29. The summed E-state index contributed by atoms with van der Waals surface area (Å²) in [7, 11) is 0. The van der Waals surface area contributed by atoms with Crippen molar-refractivity contribution >= 4 is 5.91 Å². The Morgan fingerprint density at radius 1 is 1.05 bits per heavy atom. The predicted octanol–water partition coefficient (Wildman–Crippen LogP) is 1.72. The number of carbonyl (C=O) groups excluding carboxylic acids is 1. The highest BCUT2D eigenvalue weighted by molar-refractivity contribution is 5.81. The zero-order valence-electron chi connectivity index (χ0n) is 12.3. The lowest BCUT2D eigenvalue weighted by Gasteiger charge is -2.39. The third-order valence-corrected chi connectivity index (χ3v) is 3.26. The maximum absolute atomic E-state index is 12.2. The molecule has 106 valence electrons. The van der Waals surface area contributed by atoms with Crippen LogP contribution in [-0.2, 0) is 4.79 Å². The minimum atomic E-state index is -0.320. The van der Waals surface area contributed by atoms with Crippen LogP contribution in [0, 0.1) is 5.41 Å². The first-order chi connectivity index (χ1) is 8.81. The number of rotatable bonds is 3. The van der Waals surface area contributed by atoms with Gasteiger partial charge in [0.25, 0.3) is 0 Å². The number of piperazine rings is 1. The van der Waals surface area contributed by atoms with Gasteiger partial charge < -0.3 is 15.5 Å². The average Bonchev–Trinajstić information content (AvgIpc) is 2.38. The standard InChI is InChI=1S/C15H25N3O/c1-6-12(16)13(7-2)17-8-10-18(11-9-17)14(19)15(3,4)5/h6-7H,1-2,8-11,16H2,3-5H3/b13-12-. The van der Waals surface area contributed by atoms with Gasteiger partial charge in [0.2, 0.25) is 5.91 Å². The summed E-state index contributed by atoms with van der Waals surface area (Å²) in [4.78, 5) is 16.3. The maximum atomic E-state index is 12.2. The molecule has 1 amide bonds. The Hall–Kier alpha value is -1.71. The van der Waals surface area contributed by atoms with Gasteiger partial charge in [-0.3, -0.25) is 4.79 Å². The number of nitrogens with zero attached hydrogens (tertiary/aromatic N) is 2. The second kappa shape index (κ2) is 5.95. The summed E-state index contributed by atoms with van der Waals surface area (Å²) < 4.78 is 0. The van der Waals surface area contributed by atoms with Crippen LogP contribution in [0.2, 0.25) is 0 Å². The molecule has 2 N–H and O–H groups in total. The van der Waals surface area contributed by atoms with Gasteiger partial charge in [-0.05, 0) is 12.2 Å². The van der Waals surface area contributed by atoms with E-state index in [-0.39, 0.29) is 11.3 Å². The fourth-order valence-corrected chi connectivity index (χ4v) is 2.16. The van der Waals surface area contributed by atoms with Gasteiger partial charge in [0, 0.05) is 31.6 Å². The zero-order valence-corrected chi connectivity index (χ0v) is 12.3. The van der Waals surface area contributed by atoms with Crippen molar-refractivity contribution in [3.8, 4) is 0 Å². The summed E-state index contributed by atoms with van der Waals surface area (Å²) in [6.07, 6.45) is 3.38. The van der Waals surface area contributed by atoms with Gasteiger partial charge in [0.05, 0.1) is 11.4 Å². The molecular weight excluding hydrogens is 238 g/mol. The molecule has 4 heteroatoms. The molecule has 0 bridgehead atoms. The lowest BCUT2D eigenvalue weighted by atomic mass is 9.94. The molecule has 0 unspecified atom stereocenters. The van der Waals surface area contributed by atoms with Crippen LogP contribution in [-0.4, -0.2) is 41.9 Å². The Labute approximate surface area is 116 Å². The Kier molecular flexibility index (Phi) is 4.81. The molecule has 0 saturated carbocycles. The maximum Gasteiger partial charge on any atom is 0.228 e. The van der Waals surface area contributed by atoms with Crippen LogP contribution in [0.5, 0.6) is 0 Å². The van der Waals surface area contributed by atoms with Gasteiger partial charge in [0.15, 0.2) is 0 Å². The Morgan fingerprint density at radius 2 is 1.53 bits per heavy atom. The molecule has 19 heavy (non-hydrogen) atoms. The summed E-state index contributed by atoms with van der Waals surface area (Å²) in [6, 6.07) is 0. The van der Waals surface area contributed by atoms with Gasteiger partial charge >= 0.3 is 0 Å². The van der Waals surface area contributed by atoms with Gasteiger partial charge in [-0.1, -0.05) is 33.9 Å². The van der Waals surface area contributed by atoms with Crippen LogP contribution in [0.3, 0.4) is 0 Å². The van der Waals surface area contributed by atoms with Gasteiger partial charge in [-0.2, -0.15) is 0 Å². The quantitative estimate of drug-likeness (QED) is 0.789. The van der Waals surface area contributed by atoms with Crippen molar-refractivity contribution in [1.29, 1.82) is 0 Å². The van der Waals surface area contributed by atoms with Crippen LogP contribution in [0.1, 0.15) is 20.8 Å². The van der Waals surface area contributed by atoms with E-state index in [1.54, 1.807) is 12.2 Å². The van der Waals surface area contributed by atoms with E-state index >= 15 is 0 Å². The largest absolute Gasteiger partial charge is 0.397 e. The molecule has 4 nitrogen and oxygen atoms in total. The zero-order chi connectivity index (χ0) is 14.6. The highest BCUT2D eigenvalue weighted by atomic mass is 16.2. The van der Waals surface area contributed by atoms with Crippen molar-refractivity contribution < 1.29 is 4.79 Å². The molecule has 0 atom stereocenters. The first kappa shape index (κ1) is 15.3. The minimum absolute atomic E-state index is 0.202. The SMILES string of the molecule is C=C/C(N)=C(\C=C)N1CCN(C(=O)C(C)(C)C)CC1. The van der Waals surface area contributed by atoms with Crippen molar-refractivity contribution in [2.24, 2.45) is 11.1 Å². The van der Waals surface area contributed by atoms with Crippen molar-refractivity contribution in [2.75, 3.05) is 26.2 Å². The van der Waals surface area contributed by atoms with Crippen molar-refractivity contribution in [3.63, 3.8) is 0 Å². The van der Waals surface area contributed by atoms with E-state index in [1.165, 1.54) is 0 Å². The second-order valence-corrected chi connectivity index (χ2v) is 5.78. The predicted molar refractivity (Wildman–Crippen MR) is 79.2 cm³/mol. The summed E-state index contributed by atoms with van der Waals surface area (Å²) in [6.45, 7) is 16.3. The molecular formula is C15H25N3O. The molecule has 1 aliphatic rings. The van der Waals surface area contributed by atoms with E-state index in [0.29, 0.717) is 5.70 Å². The lowest BCUT2D eigenvalue weighted by Crippen LogP contribution is -2.51. The van der Waals surface area contributed by atoms with Crippen LogP contribution < -0.4 is 5.73 Å². The molecule has 1 fully saturated rings. The molecule has 1 heterocycles. The van der Waals surface area contributed by atoms with Crippen LogP contribution in [0.25, 0.3) is 0 Å². The Balaban J connectivity index is 2.71. The second-order valence-electron chi connectivity index (χ2n) is 5.78. The highest BCUT2D eigenvalue weighted by Crippen LogP contribution is 2.20. The molecule has 1 rings (SSSR count). The summed E-state index contributed by atoms with van der Waals surface area (Å²) >= 11 is 0. The molecule has 1 aliphatic heterocycles. The van der Waals surface area contributed by atoms with Crippen LogP contribution in [0.15, 0.2) is 36.7 Å². The van der Waals surface area contributed by atoms with E-state index in [1.807, 2.05) is 25.7 Å². The third kappa shape index (κ3) is 3.63. The van der Waals surface area contributed by atoms with Crippen molar-refractivity contribution in [3.05, 3.63) is 36.7 Å². The molecule has 0 aromatic carbocycles. The number of nitrogens with two attached hydrogens (primary N) is 1. The monoisotopic (exact) mass is 263 g/mol. The number of carbonyl (C=O) groups is 1. The van der Waals surface area contributed by atoms with E-state index in [4.69, 9.17) is 5.73 Å². The molecule has 0 radical (unpaired) electrons. The molecule has 0 aromatic heterocycles.